The first-order chi connectivity index (χ1) is 17.8. The lowest BCUT2D eigenvalue weighted by Crippen LogP contribution is -2.53. The van der Waals surface area contributed by atoms with Gasteiger partial charge in [-0.1, -0.05) is 17.7 Å². The minimum atomic E-state index is -0.267. The van der Waals surface area contributed by atoms with E-state index in [1.807, 2.05) is 48.2 Å². The van der Waals surface area contributed by atoms with E-state index in [4.69, 9.17) is 0 Å². The van der Waals surface area contributed by atoms with Crippen molar-refractivity contribution in [3.8, 4) is 0 Å². The van der Waals surface area contributed by atoms with Crippen LogP contribution in [0.1, 0.15) is 61.4 Å². The monoisotopic (exact) mass is 502 g/mol. The molecule has 5 aliphatic rings. The van der Waals surface area contributed by atoms with Gasteiger partial charge in [0.15, 0.2) is 0 Å². The number of anilines is 2. The van der Waals surface area contributed by atoms with Crippen LogP contribution in [0.15, 0.2) is 42.5 Å². The molecule has 1 aliphatic heterocycles. The summed E-state index contributed by atoms with van der Waals surface area (Å²) >= 11 is 0. The molecule has 0 radical (unpaired) electrons. The lowest BCUT2D eigenvalue weighted by Gasteiger charge is -2.59. The lowest BCUT2D eigenvalue weighted by atomic mass is 9.48. The molecule has 1 amide bonds. The fraction of sp³-hybridized carbons (Fsp3) is 0.567. The highest BCUT2D eigenvalue weighted by Gasteiger charge is 2.53. The van der Waals surface area contributed by atoms with Crippen LogP contribution >= 0.6 is 0 Å². The van der Waals surface area contributed by atoms with Crippen molar-refractivity contribution >= 4 is 23.0 Å². The minimum Gasteiger partial charge on any atom is -0.376 e. The zero-order chi connectivity index (χ0) is 25.7. The molecule has 7 heteroatoms. The van der Waals surface area contributed by atoms with Crippen LogP contribution in [0.4, 0.5) is 17.1 Å². The Bertz CT molecular complexity index is 1150. The van der Waals surface area contributed by atoms with Crippen LogP contribution in [-0.2, 0) is 0 Å². The average Bonchev–Trinajstić information content (AvgIpc) is 2.88. The zero-order valence-electron chi connectivity index (χ0n) is 22.0. The van der Waals surface area contributed by atoms with E-state index in [2.05, 4.69) is 17.1 Å². The van der Waals surface area contributed by atoms with E-state index in [0.717, 1.165) is 34.6 Å². The highest BCUT2D eigenvalue weighted by molar-refractivity contribution is 5.94. The molecule has 7 rings (SSSR count). The molecule has 1 heterocycles. The number of nitro benzene ring substituents is 1. The number of aryl methyl sites for hydroxylation is 1. The number of benzene rings is 2. The van der Waals surface area contributed by atoms with E-state index in [1.54, 1.807) is 6.07 Å². The summed E-state index contributed by atoms with van der Waals surface area (Å²) in [6.07, 6.45) is 7.95. The Kier molecular flexibility index (Phi) is 6.12. The van der Waals surface area contributed by atoms with Crippen LogP contribution < -0.4 is 10.2 Å². The molecule has 0 aromatic heterocycles. The van der Waals surface area contributed by atoms with Gasteiger partial charge in [0.25, 0.3) is 11.6 Å². The number of carbonyl (C=O) groups is 1. The summed E-state index contributed by atoms with van der Waals surface area (Å²) in [5.74, 6) is 2.59. The summed E-state index contributed by atoms with van der Waals surface area (Å²) in [6.45, 7) is 6.95. The number of rotatable bonds is 6. The first kappa shape index (κ1) is 24.3. The van der Waals surface area contributed by atoms with Gasteiger partial charge in [-0.25, -0.2) is 0 Å². The fourth-order valence-electron chi connectivity index (χ4n) is 8.14. The number of nitrogens with zero attached hydrogens (tertiary/aromatic N) is 3. The molecule has 5 fully saturated rings. The van der Waals surface area contributed by atoms with Crippen LogP contribution in [0.2, 0.25) is 0 Å². The summed E-state index contributed by atoms with van der Waals surface area (Å²) in [5, 5.41) is 15.6. The summed E-state index contributed by atoms with van der Waals surface area (Å²) in [7, 11) is 0. The Morgan fingerprint density at radius 1 is 0.973 bits per heavy atom. The number of hydrogen-bond donors (Lipinski definition) is 1. The standard InChI is InChI=1S/C30H38N4O3/c1-20-3-5-25(6-4-20)29(35)33-11-9-32(10-12-33)26-7-8-28(34(36)37)27(16-26)31-21(2)30-17-22-13-23(18-30)15-24(14-22)19-30/h3-8,16,21-24,31H,9-15,17-19H2,1-2H3/t21-,22?,23?,24?,30?/m1/s1. The molecular formula is C30H38N4O3. The summed E-state index contributed by atoms with van der Waals surface area (Å²) in [6, 6.07) is 13.4. The second-order valence-electron chi connectivity index (χ2n) is 12.2. The maximum Gasteiger partial charge on any atom is 0.292 e. The summed E-state index contributed by atoms with van der Waals surface area (Å²) in [5.41, 5.74) is 3.88. The van der Waals surface area contributed by atoms with Gasteiger partial charge in [-0.15, -0.1) is 0 Å². The SMILES string of the molecule is Cc1ccc(C(=O)N2CCN(c3ccc([N+](=O)[O-])c(N[C@H](C)C45CC6CC(CC(C6)C4)C5)c3)CC2)cc1. The number of nitro groups is 1. The molecule has 1 saturated heterocycles. The van der Waals surface area contributed by atoms with E-state index >= 15 is 0 Å². The van der Waals surface area contributed by atoms with Crippen LogP contribution in [0.25, 0.3) is 0 Å². The Labute approximate surface area is 219 Å². The van der Waals surface area contributed by atoms with Gasteiger partial charge >= 0.3 is 0 Å². The van der Waals surface area contributed by atoms with Gasteiger partial charge in [0.2, 0.25) is 0 Å². The number of nitrogens with one attached hydrogen (secondary N) is 1. The molecule has 2 aromatic rings. The van der Waals surface area contributed by atoms with Crippen molar-refractivity contribution in [2.24, 2.45) is 23.2 Å². The molecule has 37 heavy (non-hydrogen) atoms. The third-order valence-electron chi connectivity index (χ3n) is 9.78. The first-order valence-corrected chi connectivity index (χ1v) is 14.0. The normalized spacial score (nSPS) is 29.3. The topological polar surface area (TPSA) is 78.7 Å². The first-order valence-electron chi connectivity index (χ1n) is 14.0. The second-order valence-corrected chi connectivity index (χ2v) is 12.2. The zero-order valence-corrected chi connectivity index (χ0v) is 22.0. The molecule has 4 saturated carbocycles. The molecule has 2 aromatic carbocycles. The molecule has 0 unspecified atom stereocenters. The van der Waals surface area contributed by atoms with Crippen molar-refractivity contribution in [1.82, 2.24) is 4.90 Å². The van der Waals surface area contributed by atoms with Crippen LogP contribution in [0.3, 0.4) is 0 Å². The third-order valence-corrected chi connectivity index (χ3v) is 9.78. The molecule has 4 aliphatic carbocycles. The minimum absolute atomic E-state index is 0.0649. The van der Waals surface area contributed by atoms with Crippen molar-refractivity contribution in [1.29, 1.82) is 0 Å². The number of piperazine rings is 1. The molecular weight excluding hydrogens is 464 g/mol. The van der Waals surface area contributed by atoms with Gasteiger partial charge < -0.3 is 15.1 Å². The number of amides is 1. The van der Waals surface area contributed by atoms with Crippen LogP contribution in [-0.4, -0.2) is 48.0 Å². The smallest absolute Gasteiger partial charge is 0.292 e. The Morgan fingerprint density at radius 2 is 1.57 bits per heavy atom. The molecule has 7 nitrogen and oxygen atoms in total. The Morgan fingerprint density at radius 3 is 2.14 bits per heavy atom. The van der Waals surface area contributed by atoms with E-state index in [-0.39, 0.29) is 28.0 Å². The highest BCUT2D eigenvalue weighted by atomic mass is 16.6. The van der Waals surface area contributed by atoms with E-state index in [0.29, 0.717) is 31.9 Å². The molecule has 196 valence electrons. The van der Waals surface area contributed by atoms with Gasteiger partial charge in [0.1, 0.15) is 5.69 Å². The van der Waals surface area contributed by atoms with Gasteiger partial charge in [0.05, 0.1) is 4.92 Å². The quantitative estimate of drug-likeness (QED) is 0.394. The predicted octanol–water partition coefficient (Wildman–Crippen LogP) is 5.88. The van der Waals surface area contributed by atoms with Gasteiger partial charge in [-0.2, -0.15) is 0 Å². The lowest BCUT2D eigenvalue weighted by molar-refractivity contribution is -0.384. The van der Waals surface area contributed by atoms with Crippen molar-refractivity contribution in [2.45, 2.75) is 58.4 Å². The summed E-state index contributed by atoms with van der Waals surface area (Å²) in [4.78, 5) is 28.7. The van der Waals surface area contributed by atoms with Crippen molar-refractivity contribution in [2.75, 3.05) is 36.4 Å². The van der Waals surface area contributed by atoms with Crippen molar-refractivity contribution < 1.29 is 9.72 Å². The third kappa shape index (κ3) is 4.57. The largest absolute Gasteiger partial charge is 0.376 e. The van der Waals surface area contributed by atoms with Gasteiger partial charge in [-0.3, -0.25) is 14.9 Å². The van der Waals surface area contributed by atoms with Crippen LogP contribution in [0.5, 0.6) is 0 Å². The average molecular weight is 503 g/mol. The number of hydrogen-bond acceptors (Lipinski definition) is 5. The van der Waals surface area contributed by atoms with E-state index in [9.17, 15) is 14.9 Å². The highest BCUT2D eigenvalue weighted by Crippen LogP contribution is 2.61. The fourth-order valence-corrected chi connectivity index (χ4v) is 8.14. The maximum absolute atomic E-state index is 12.9. The maximum atomic E-state index is 12.9. The number of carbonyl (C=O) groups excluding carboxylic acids is 1. The molecule has 0 spiro atoms. The summed E-state index contributed by atoms with van der Waals surface area (Å²) < 4.78 is 0. The predicted molar refractivity (Wildman–Crippen MR) is 146 cm³/mol. The van der Waals surface area contributed by atoms with Crippen LogP contribution in [0, 0.1) is 40.2 Å². The molecule has 4 bridgehead atoms. The van der Waals surface area contributed by atoms with Gasteiger partial charge in [0, 0.05) is 49.5 Å². The molecule has 1 atom stereocenters. The van der Waals surface area contributed by atoms with Crippen molar-refractivity contribution in [3.63, 3.8) is 0 Å². The van der Waals surface area contributed by atoms with Gasteiger partial charge in [-0.05, 0) is 99.8 Å². The second kappa shape index (κ2) is 9.34. The van der Waals surface area contributed by atoms with Crippen molar-refractivity contribution in [3.05, 3.63) is 63.7 Å². The Hall–Kier alpha value is -3.09. The van der Waals surface area contributed by atoms with E-state index in [1.165, 1.54) is 38.5 Å². The van der Waals surface area contributed by atoms with E-state index < -0.39 is 0 Å². The molecule has 1 N–H and O–H groups in total. The Balaban J connectivity index is 1.16.